The molecule has 0 saturated carbocycles. The molecule has 0 fully saturated rings. The fourth-order valence-corrected chi connectivity index (χ4v) is 0.905. The quantitative estimate of drug-likeness (QED) is 0.694. The van der Waals surface area contributed by atoms with Crippen molar-refractivity contribution >= 4 is 17.6 Å². The van der Waals surface area contributed by atoms with Crippen LogP contribution in [0.3, 0.4) is 0 Å². The molecule has 3 nitrogen and oxygen atoms in total. The van der Waals surface area contributed by atoms with E-state index in [0.29, 0.717) is 17.2 Å². The second kappa shape index (κ2) is 3.44. The second-order valence-electron chi connectivity index (χ2n) is 1.94. The number of aromatic nitrogens is 1. The molecule has 0 aromatic carbocycles. The summed E-state index contributed by atoms with van der Waals surface area (Å²) in [5.74, 6) is -0.390. The number of ether oxygens (including phenoxy) is 1. The van der Waals surface area contributed by atoms with Gasteiger partial charge in [-0.15, -0.1) is 0 Å². The summed E-state index contributed by atoms with van der Waals surface area (Å²) < 4.78 is 4.72. The van der Waals surface area contributed by atoms with Gasteiger partial charge in [-0.2, -0.15) is 0 Å². The van der Waals surface area contributed by atoms with Gasteiger partial charge >= 0.3 is 5.97 Å². The molecule has 0 atom stereocenters. The van der Waals surface area contributed by atoms with Crippen LogP contribution in [0.1, 0.15) is 17.3 Å². The highest BCUT2D eigenvalue weighted by Gasteiger charge is 2.10. The van der Waals surface area contributed by atoms with Gasteiger partial charge in [-0.05, 0) is 6.92 Å². The van der Waals surface area contributed by atoms with E-state index in [4.69, 9.17) is 16.3 Å². The van der Waals surface area contributed by atoms with E-state index in [-0.39, 0.29) is 0 Å². The summed E-state index contributed by atoms with van der Waals surface area (Å²) in [6.45, 7) is 2.11. The topological polar surface area (TPSA) is 42.1 Å². The van der Waals surface area contributed by atoms with Crippen LogP contribution in [0.25, 0.3) is 0 Å². The highest BCUT2D eigenvalue weighted by molar-refractivity contribution is 6.33. The summed E-state index contributed by atoms with van der Waals surface area (Å²) in [6.07, 6.45) is 3.05. The van der Waals surface area contributed by atoms with Crippen LogP contribution in [0.4, 0.5) is 0 Å². The molecular formula is C7H8ClNO2. The zero-order valence-electron chi connectivity index (χ0n) is 6.06. The lowest BCUT2D eigenvalue weighted by Gasteiger charge is -1.97. The summed E-state index contributed by atoms with van der Waals surface area (Å²) in [6, 6.07) is 0. The SMILES string of the molecule is CCOC(=O)c1c[nH]cc1Cl. The number of carbonyl (C=O) groups is 1. The highest BCUT2D eigenvalue weighted by atomic mass is 35.5. The Kier molecular flexibility index (Phi) is 2.54. The fourth-order valence-electron chi connectivity index (χ4n) is 0.710. The number of halogens is 1. The molecule has 1 heterocycles. The molecule has 0 bridgehead atoms. The van der Waals surface area contributed by atoms with Gasteiger partial charge in [-0.25, -0.2) is 4.79 Å². The predicted octanol–water partition coefficient (Wildman–Crippen LogP) is 1.84. The van der Waals surface area contributed by atoms with Crippen LogP contribution >= 0.6 is 11.6 Å². The van der Waals surface area contributed by atoms with Gasteiger partial charge in [0.2, 0.25) is 0 Å². The zero-order valence-corrected chi connectivity index (χ0v) is 6.81. The molecule has 1 aromatic rings. The Bertz CT molecular complexity index is 257. The first-order chi connectivity index (χ1) is 5.25. The molecule has 0 aliphatic heterocycles. The van der Waals surface area contributed by atoms with Crippen molar-refractivity contribution in [1.82, 2.24) is 4.98 Å². The zero-order chi connectivity index (χ0) is 8.27. The van der Waals surface area contributed by atoms with Crippen molar-refractivity contribution < 1.29 is 9.53 Å². The van der Waals surface area contributed by atoms with E-state index >= 15 is 0 Å². The average Bonchev–Trinajstić information content (AvgIpc) is 2.36. The minimum atomic E-state index is -0.390. The molecule has 0 aliphatic carbocycles. The minimum absolute atomic E-state index is 0.361. The number of hydrogen-bond donors (Lipinski definition) is 1. The maximum absolute atomic E-state index is 11.0. The normalized spacial score (nSPS) is 9.64. The van der Waals surface area contributed by atoms with Gasteiger partial charge in [0.15, 0.2) is 0 Å². The highest BCUT2D eigenvalue weighted by Crippen LogP contribution is 2.14. The van der Waals surface area contributed by atoms with Gasteiger partial charge in [0.25, 0.3) is 0 Å². The first kappa shape index (κ1) is 8.14. The smallest absolute Gasteiger partial charge is 0.341 e. The van der Waals surface area contributed by atoms with Crippen molar-refractivity contribution in [3.63, 3.8) is 0 Å². The number of esters is 1. The van der Waals surface area contributed by atoms with Crippen LogP contribution in [-0.2, 0) is 4.74 Å². The third-order valence-corrected chi connectivity index (χ3v) is 1.50. The molecule has 0 amide bonds. The molecule has 0 radical (unpaired) electrons. The lowest BCUT2D eigenvalue weighted by molar-refractivity contribution is 0.0527. The lowest BCUT2D eigenvalue weighted by atomic mass is 10.3. The Morgan fingerprint density at radius 2 is 2.45 bits per heavy atom. The van der Waals surface area contributed by atoms with Crippen molar-refractivity contribution in [1.29, 1.82) is 0 Å². The van der Waals surface area contributed by atoms with Gasteiger partial charge in [-0.1, -0.05) is 11.6 Å². The Hall–Kier alpha value is -0.960. The van der Waals surface area contributed by atoms with Crippen LogP contribution < -0.4 is 0 Å². The molecule has 1 aromatic heterocycles. The van der Waals surface area contributed by atoms with Crippen LogP contribution in [-0.4, -0.2) is 17.6 Å². The standard InChI is InChI=1S/C7H8ClNO2/c1-2-11-7(10)5-3-9-4-6(5)8/h3-4,9H,2H2,1H3. The van der Waals surface area contributed by atoms with Crippen LogP contribution in [0, 0.1) is 0 Å². The summed E-state index contributed by atoms with van der Waals surface area (Å²) >= 11 is 5.64. The molecule has 60 valence electrons. The number of aromatic amines is 1. The van der Waals surface area contributed by atoms with Crippen molar-refractivity contribution in [2.24, 2.45) is 0 Å². The fraction of sp³-hybridized carbons (Fsp3) is 0.286. The third kappa shape index (κ3) is 1.74. The Labute approximate surface area is 69.3 Å². The van der Waals surface area contributed by atoms with Gasteiger partial charge in [0, 0.05) is 12.4 Å². The van der Waals surface area contributed by atoms with Crippen molar-refractivity contribution in [3.8, 4) is 0 Å². The first-order valence-corrected chi connectivity index (χ1v) is 3.63. The number of carbonyl (C=O) groups excluding carboxylic acids is 1. The van der Waals surface area contributed by atoms with E-state index in [9.17, 15) is 4.79 Å². The van der Waals surface area contributed by atoms with E-state index in [1.807, 2.05) is 0 Å². The molecule has 4 heteroatoms. The predicted molar refractivity (Wildman–Crippen MR) is 41.8 cm³/mol. The third-order valence-electron chi connectivity index (χ3n) is 1.19. The molecule has 0 spiro atoms. The van der Waals surface area contributed by atoms with Gasteiger partial charge in [-0.3, -0.25) is 0 Å². The molecule has 0 unspecified atom stereocenters. The number of hydrogen-bond acceptors (Lipinski definition) is 2. The Balaban J connectivity index is 2.76. The monoisotopic (exact) mass is 173 g/mol. The van der Waals surface area contributed by atoms with Crippen molar-refractivity contribution in [2.45, 2.75) is 6.92 Å². The molecule has 1 rings (SSSR count). The summed E-state index contributed by atoms with van der Waals surface area (Å²) in [7, 11) is 0. The van der Waals surface area contributed by atoms with E-state index in [2.05, 4.69) is 4.98 Å². The Morgan fingerprint density at radius 1 is 1.73 bits per heavy atom. The average molecular weight is 174 g/mol. The maximum Gasteiger partial charge on any atom is 0.341 e. The molecule has 1 N–H and O–H groups in total. The largest absolute Gasteiger partial charge is 0.462 e. The molecule has 11 heavy (non-hydrogen) atoms. The van der Waals surface area contributed by atoms with Crippen LogP contribution in [0.2, 0.25) is 5.02 Å². The first-order valence-electron chi connectivity index (χ1n) is 3.25. The van der Waals surface area contributed by atoms with Gasteiger partial charge in [0.1, 0.15) is 0 Å². The van der Waals surface area contributed by atoms with Crippen molar-refractivity contribution in [3.05, 3.63) is 23.0 Å². The lowest BCUT2D eigenvalue weighted by Crippen LogP contribution is -2.03. The van der Waals surface area contributed by atoms with Crippen LogP contribution in [0.5, 0.6) is 0 Å². The van der Waals surface area contributed by atoms with Gasteiger partial charge in [0.05, 0.1) is 17.2 Å². The van der Waals surface area contributed by atoms with Crippen LogP contribution in [0.15, 0.2) is 12.4 Å². The van der Waals surface area contributed by atoms with E-state index in [0.717, 1.165) is 0 Å². The number of H-pyrrole nitrogens is 1. The molecule has 0 aliphatic rings. The number of nitrogens with one attached hydrogen (secondary N) is 1. The summed E-state index contributed by atoms with van der Waals surface area (Å²) in [4.78, 5) is 13.7. The van der Waals surface area contributed by atoms with E-state index < -0.39 is 5.97 Å². The molecular weight excluding hydrogens is 166 g/mol. The minimum Gasteiger partial charge on any atom is -0.462 e. The molecule has 0 saturated heterocycles. The second-order valence-corrected chi connectivity index (χ2v) is 2.34. The van der Waals surface area contributed by atoms with E-state index in [1.54, 1.807) is 6.92 Å². The number of rotatable bonds is 2. The maximum atomic E-state index is 11.0. The van der Waals surface area contributed by atoms with Crippen molar-refractivity contribution in [2.75, 3.05) is 6.61 Å². The Morgan fingerprint density at radius 3 is 2.91 bits per heavy atom. The summed E-state index contributed by atoms with van der Waals surface area (Å²) in [5.41, 5.74) is 0.383. The van der Waals surface area contributed by atoms with Gasteiger partial charge < -0.3 is 9.72 Å². The van der Waals surface area contributed by atoms with E-state index in [1.165, 1.54) is 12.4 Å². The summed E-state index contributed by atoms with van der Waals surface area (Å²) in [5, 5.41) is 0.392.